The van der Waals surface area contributed by atoms with Gasteiger partial charge in [-0.1, -0.05) is 66.7 Å². The number of carbonyl (C=O) groups is 1. The zero-order valence-corrected chi connectivity index (χ0v) is 16.9. The van der Waals surface area contributed by atoms with Crippen LogP contribution in [0.4, 0.5) is 0 Å². The molecule has 0 aliphatic carbocycles. The van der Waals surface area contributed by atoms with E-state index in [1.807, 2.05) is 79.7 Å². The van der Waals surface area contributed by atoms with Crippen molar-refractivity contribution in [1.29, 1.82) is 0 Å². The van der Waals surface area contributed by atoms with Crippen molar-refractivity contribution in [2.24, 2.45) is 0 Å². The Kier molecular flexibility index (Phi) is 5.77. The highest BCUT2D eigenvalue weighted by Gasteiger charge is 2.20. The van der Waals surface area contributed by atoms with E-state index in [-0.39, 0.29) is 11.9 Å². The van der Waals surface area contributed by atoms with E-state index in [9.17, 15) is 4.79 Å². The number of thiazole rings is 1. The summed E-state index contributed by atoms with van der Waals surface area (Å²) in [7, 11) is 0. The molecule has 2 aromatic carbocycles. The van der Waals surface area contributed by atoms with Crippen LogP contribution >= 0.6 is 11.3 Å². The predicted molar refractivity (Wildman–Crippen MR) is 117 cm³/mol. The lowest BCUT2D eigenvalue weighted by atomic mass is 10.00. The van der Waals surface area contributed by atoms with Crippen molar-refractivity contribution in [2.75, 3.05) is 0 Å². The van der Waals surface area contributed by atoms with E-state index in [2.05, 4.69) is 15.3 Å². The largest absolute Gasteiger partial charge is 0.345 e. The summed E-state index contributed by atoms with van der Waals surface area (Å²) < 4.78 is 0. The van der Waals surface area contributed by atoms with Crippen molar-refractivity contribution < 1.29 is 4.79 Å². The number of nitrogens with one attached hydrogen (secondary N) is 1. The molecule has 4 rings (SSSR count). The van der Waals surface area contributed by atoms with Crippen LogP contribution in [0.3, 0.4) is 0 Å². The smallest absolute Gasteiger partial charge is 0.226 e. The second kappa shape index (κ2) is 8.80. The highest BCUT2D eigenvalue weighted by molar-refractivity contribution is 7.12. The molecule has 0 saturated heterocycles. The van der Waals surface area contributed by atoms with Crippen LogP contribution in [-0.4, -0.2) is 15.9 Å². The Morgan fingerprint density at radius 3 is 2.34 bits per heavy atom. The Hall–Kier alpha value is -3.31. The number of nitrogens with zero attached hydrogens (tertiary/aromatic N) is 2. The van der Waals surface area contributed by atoms with Gasteiger partial charge < -0.3 is 5.32 Å². The molecule has 1 amide bonds. The molecule has 0 fully saturated rings. The van der Waals surface area contributed by atoms with Crippen LogP contribution in [0, 0.1) is 6.92 Å². The standard InChI is InChI=1S/C24H21N3OS/c1-17-26-24(19-11-6-3-7-12-19)21(29-17)15-22(28)27-23(18-9-4-2-5-10-18)20-13-8-14-25-16-20/h2-14,16,23H,15H2,1H3,(H,27,28)/t23-/m1/s1. The van der Waals surface area contributed by atoms with Crippen molar-refractivity contribution in [3.63, 3.8) is 0 Å². The number of rotatable bonds is 6. The number of benzene rings is 2. The summed E-state index contributed by atoms with van der Waals surface area (Å²) in [5, 5.41) is 4.14. The van der Waals surface area contributed by atoms with E-state index in [0.717, 1.165) is 32.3 Å². The third-order valence-electron chi connectivity index (χ3n) is 4.63. The molecule has 2 aromatic heterocycles. The maximum atomic E-state index is 13.0. The van der Waals surface area contributed by atoms with E-state index >= 15 is 0 Å². The van der Waals surface area contributed by atoms with Crippen molar-refractivity contribution in [2.45, 2.75) is 19.4 Å². The van der Waals surface area contributed by atoms with E-state index < -0.39 is 0 Å². The lowest BCUT2D eigenvalue weighted by Crippen LogP contribution is -2.30. The Morgan fingerprint density at radius 2 is 1.66 bits per heavy atom. The van der Waals surface area contributed by atoms with Crippen LogP contribution < -0.4 is 5.32 Å². The first-order valence-electron chi connectivity index (χ1n) is 9.46. The van der Waals surface area contributed by atoms with E-state index in [0.29, 0.717) is 6.42 Å². The first-order chi connectivity index (χ1) is 14.2. The van der Waals surface area contributed by atoms with Crippen LogP contribution in [-0.2, 0) is 11.2 Å². The molecule has 0 unspecified atom stereocenters. The van der Waals surface area contributed by atoms with Gasteiger partial charge in [0.25, 0.3) is 0 Å². The van der Waals surface area contributed by atoms with Gasteiger partial charge in [0.05, 0.1) is 23.2 Å². The SMILES string of the molecule is Cc1nc(-c2ccccc2)c(CC(=O)N[C@H](c2ccccc2)c2cccnc2)s1. The van der Waals surface area contributed by atoms with Crippen molar-refractivity contribution >= 4 is 17.2 Å². The Labute approximate surface area is 174 Å². The highest BCUT2D eigenvalue weighted by Crippen LogP contribution is 2.29. The van der Waals surface area contributed by atoms with Gasteiger partial charge in [-0.05, 0) is 24.1 Å². The number of hydrogen-bond donors (Lipinski definition) is 1. The quantitative estimate of drug-likeness (QED) is 0.498. The maximum absolute atomic E-state index is 13.0. The zero-order valence-electron chi connectivity index (χ0n) is 16.1. The van der Waals surface area contributed by atoms with E-state index in [4.69, 9.17) is 0 Å². The van der Waals surface area contributed by atoms with Crippen LogP contribution in [0.25, 0.3) is 11.3 Å². The number of pyridine rings is 1. The molecule has 0 aliphatic rings. The van der Waals surface area contributed by atoms with E-state index in [1.165, 1.54) is 0 Å². The van der Waals surface area contributed by atoms with Crippen LogP contribution in [0.15, 0.2) is 85.2 Å². The van der Waals surface area contributed by atoms with Gasteiger partial charge in [0.15, 0.2) is 0 Å². The normalized spacial score (nSPS) is 11.8. The Bertz CT molecular complexity index is 1040. The van der Waals surface area contributed by atoms with Crippen molar-refractivity contribution in [3.8, 4) is 11.3 Å². The van der Waals surface area contributed by atoms with Gasteiger partial charge in [-0.25, -0.2) is 4.98 Å². The van der Waals surface area contributed by atoms with Gasteiger partial charge in [0, 0.05) is 22.8 Å². The molecule has 0 radical (unpaired) electrons. The number of aryl methyl sites for hydroxylation is 1. The van der Waals surface area contributed by atoms with E-state index in [1.54, 1.807) is 23.7 Å². The third-order valence-corrected chi connectivity index (χ3v) is 5.60. The molecular formula is C24H21N3OS. The average molecular weight is 400 g/mol. The highest BCUT2D eigenvalue weighted by atomic mass is 32.1. The predicted octanol–water partition coefficient (Wildman–Crippen LogP) is 4.96. The third kappa shape index (κ3) is 4.58. The zero-order chi connectivity index (χ0) is 20.1. The summed E-state index contributed by atoms with van der Waals surface area (Å²) >= 11 is 1.57. The summed E-state index contributed by atoms with van der Waals surface area (Å²) in [6.45, 7) is 1.97. The first kappa shape index (κ1) is 19.0. The van der Waals surface area contributed by atoms with Gasteiger partial charge in [0.2, 0.25) is 5.91 Å². The first-order valence-corrected chi connectivity index (χ1v) is 10.3. The summed E-state index contributed by atoms with van der Waals surface area (Å²) in [4.78, 5) is 22.9. The molecule has 0 spiro atoms. The molecule has 1 N–H and O–H groups in total. The van der Waals surface area contributed by atoms with Crippen LogP contribution in [0.2, 0.25) is 0 Å². The lowest BCUT2D eigenvalue weighted by molar-refractivity contribution is -0.120. The van der Waals surface area contributed by atoms with Gasteiger partial charge in [0.1, 0.15) is 0 Å². The molecule has 0 aliphatic heterocycles. The molecule has 4 nitrogen and oxygen atoms in total. The summed E-state index contributed by atoms with van der Waals surface area (Å²) in [6.07, 6.45) is 3.82. The minimum atomic E-state index is -0.244. The second-order valence-corrected chi connectivity index (χ2v) is 8.03. The number of hydrogen-bond acceptors (Lipinski definition) is 4. The van der Waals surface area contributed by atoms with Crippen molar-refractivity contribution in [3.05, 3.63) is 106 Å². The molecular weight excluding hydrogens is 378 g/mol. The fourth-order valence-corrected chi connectivity index (χ4v) is 4.28. The molecule has 0 saturated carbocycles. The second-order valence-electron chi connectivity index (χ2n) is 6.75. The van der Waals surface area contributed by atoms with Gasteiger partial charge in [-0.2, -0.15) is 0 Å². The number of carbonyl (C=O) groups excluding carboxylic acids is 1. The Balaban J connectivity index is 1.59. The van der Waals surface area contributed by atoms with Crippen LogP contribution in [0.1, 0.15) is 27.1 Å². The minimum Gasteiger partial charge on any atom is -0.345 e. The van der Waals surface area contributed by atoms with Gasteiger partial charge >= 0.3 is 0 Å². The molecule has 2 heterocycles. The van der Waals surface area contributed by atoms with Crippen LogP contribution in [0.5, 0.6) is 0 Å². The van der Waals surface area contributed by atoms with Gasteiger partial charge in [-0.15, -0.1) is 11.3 Å². The summed E-state index contributed by atoms with van der Waals surface area (Å²) in [5.74, 6) is -0.0384. The monoisotopic (exact) mass is 399 g/mol. The maximum Gasteiger partial charge on any atom is 0.226 e. The average Bonchev–Trinajstić information content (AvgIpc) is 3.14. The Morgan fingerprint density at radius 1 is 0.966 bits per heavy atom. The van der Waals surface area contributed by atoms with Gasteiger partial charge in [-0.3, -0.25) is 9.78 Å². The molecule has 4 aromatic rings. The minimum absolute atomic E-state index is 0.0384. The van der Waals surface area contributed by atoms with Crippen molar-refractivity contribution in [1.82, 2.24) is 15.3 Å². The number of aromatic nitrogens is 2. The lowest BCUT2D eigenvalue weighted by Gasteiger charge is -2.19. The number of amides is 1. The summed E-state index contributed by atoms with van der Waals surface area (Å²) in [5.41, 5.74) is 3.90. The molecule has 5 heteroatoms. The summed E-state index contributed by atoms with van der Waals surface area (Å²) in [6, 6.07) is 23.6. The molecule has 144 valence electrons. The molecule has 1 atom stereocenters. The fourth-order valence-electron chi connectivity index (χ4n) is 3.32. The fraction of sp³-hybridized carbons (Fsp3) is 0.125. The molecule has 29 heavy (non-hydrogen) atoms. The molecule has 0 bridgehead atoms. The topological polar surface area (TPSA) is 54.9 Å².